The van der Waals surface area contributed by atoms with E-state index in [1.807, 2.05) is 27.7 Å². The molecule has 22 heavy (non-hydrogen) atoms. The number of rotatable bonds is 11. The van der Waals surface area contributed by atoms with Crippen LogP contribution in [0.25, 0.3) is 0 Å². The first kappa shape index (κ1) is 21.1. The van der Waals surface area contributed by atoms with Crippen molar-refractivity contribution in [2.24, 2.45) is 11.3 Å². The van der Waals surface area contributed by atoms with Gasteiger partial charge in [0.1, 0.15) is 11.4 Å². The van der Waals surface area contributed by atoms with Crippen LogP contribution in [0.4, 0.5) is 4.39 Å². The van der Waals surface area contributed by atoms with E-state index >= 15 is 0 Å². The van der Waals surface area contributed by atoms with E-state index in [0.717, 1.165) is 32.1 Å². The van der Waals surface area contributed by atoms with Crippen LogP contribution in [-0.2, 0) is 4.79 Å². The van der Waals surface area contributed by atoms with Gasteiger partial charge in [-0.3, -0.25) is 4.79 Å². The minimum absolute atomic E-state index is 0.0525. The highest BCUT2D eigenvalue weighted by molar-refractivity contribution is 5.92. The minimum Gasteiger partial charge on any atom is -0.512 e. The normalized spacial score (nSPS) is 15.0. The summed E-state index contributed by atoms with van der Waals surface area (Å²) in [4.78, 5) is 12.5. The Bertz CT molecular complexity index is 354. The molecule has 0 aromatic heterocycles. The number of hydrogen-bond donors (Lipinski definition) is 1. The Morgan fingerprint density at radius 2 is 1.59 bits per heavy atom. The van der Waals surface area contributed by atoms with Crippen molar-refractivity contribution in [2.75, 3.05) is 0 Å². The molecule has 0 saturated heterocycles. The Balaban J connectivity index is 5.11. The number of halogens is 1. The topological polar surface area (TPSA) is 37.3 Å². The van der Waals surface area contributed by atoms with Crippen LogP contribution in [0.2, 0.25) is 0 Å². The summed E-state index contributed by atoms with van der Waals surface area (Å²) in [5.74, 6) is -0.0422. The summed E-state index contributed by atoms with van der Waals surface area (Å²) in [7, 11) is 0. The standard InChI is InChI=1S/C19H35FO2/c1-7-11-15(12-13-18(5,6)20)16(21)14-17(22)19(8-2,9-3)10-4/h14-15,22H,7-13H2,1-6H3/b17-14-. The molecule has 130 valence electrons. The Morgan fingerprint density at radius 1 is 1.09 bits per heavy atom. The molecule has 0 spiro atoms. The number of aliphatic hydroxyl groups is 1. The highest BCUT2D eigenvalue weighted by Gasteiger charge is 2.30. The summed E-state index contributed by atoms with van der Waals surface area (Å²) < 4.78 is 13.7. The fourth-order valence-electron chi connectivity index (χ4n) is 2.99. The largest absolute Gasteiger partial charge is 0.512 e. The quantitative estimate of drug-likeness (QED) is 0.366. The third kappa shape index (κ3) is 6.50. The van der Waals surface area contributed by atoms with Gasteiger partial charge in [0.15, 0.2) is 5.78 Å². The number of allylic oxidation sites excluding steroid dienone is 2. The molecular weight excluding hydrogens is 279 g/mol. The number of carbonyl (C=O) groups excluding carboxylic acids is 1. The smallest absolute Gasteiger partial charge is 0.162 e. The fourth-order valence-corrected chi connectivity index (χ4v) is 2.99. The SMILES string of the molecule is CCCC(CCC(C)(C)F)C(=O)/C=C(\O)C(CC)(CC)CC. The minimum atomic E-state index is -1.25. The predicted octanol–water partition coefficient (Wildman–Crippen LogP) is 6.16. The number of hydrogen-bond acceptors (Lipinski definition) is 2. The molecule has 0 amide bonds. The third-order valence-corrected chi connectivity index (χ3v) is 4.98. The molecule has 0 rings (SSSR count). The zero-order valence-corrected chi connectivity index (χ0v) is 15.3. The predicted molar refractivity (Wildman–Crippen MR) is 91.8 cm³/mol. The van der Waals surface area contributed by atoms with Crippen LogP contribution < -0.4 is 0 Å². The Kier molecular flexibility index (Phi) is 8.95. The van der Waals surface area contributed by atoms with Crippen LogP contribution >= 0.6 is 0 Å². The zero-order chi connectivity index (χ0) is 17.4. The average Bonchev–Trinajstić information content (AvgIpc) is 2.44. The molecule has 3 heteroatoms. The summed E-state index contributed by atoms with van der Waals surface area (Å²) in [6, 6.07) is 0. The molecule has 0 aromatic rings. The summed E-state index contributed by atoms with van der Waals surface area (Å²) in [5.41, 5.74) is -1.55. The average molecular weight is 314 g/mol. The first-order valence-corrected chi connectivity index (χ1v) is 8.79. The van der Waals surface area contributed by atoms with Crippen molar-refractivity contribution in [3.8, 4) is 0 Å². The van der Waals surface area contributed by atoms with Gasteiger partial charge in [-0.25, -0.2) is 4.39 Å². The first-order valence-electron chi connectivity index (χ1n) is 8.79. The van der Waals surface area contributed by atoms with Gasteiger partial charge >= 0.3 is 0 Å². The van der Waals surface area contributed by atoms with E-state index in [-0.39, 0.29) is 22.9 Å². The highest BCUT2D eigenvalue weighted by Crippen LogP contribution is 2.37. The van der Waals surface area contributed by atoms with E-state index in [4.69, 9.17) is 0 Å². The number of ketones is 1. The Morgan fingerprint density at radius 3 is 1.95 bits per heavy atom. The van der Waals surface area contributed by atoms with Crippen molar-refractivity contribution in [1.29, 1.82) is 0 Å². The maximum atomic E-state index is 13.7. The fraction of sp³-hybridized carbons (Fsp3) is 0.842. The number of carbonyl (C=O) groups is 1. The van der Waals surface area contributed by atoms with Crippen molar-refractivity contribution in [1.82, 2.24) is 0 Å². The van der Waals surface area contributed by atoms with Crippen LogP contribution in [0.1, 0.15) is 86.5 Å². The molecule has 1 unspecified atom stereocenters. The van der Waals surface area contributed by atoms with Crippen LogP contribution in [0.5, 0.6) is 0 Å². The molecule has 0 saturated carbocycles. The van der Waals surface area contributed by atoms with E-state index in [9.17, 15) is 14.3 Å². The summed E-state index contributed by atoms with van der Waals surface area (Å²) >= 11 is 0. The summed E-state index contributed by atoms with van der Waals surface area (Å²) in [5, 5.41) is 10.4. The Hall–Kier alpha value is -0.860. The van der Waals surface area contributed by atoms with E-state index in [2.05, 4.69) is 0 Å². The van der Waals surface area contributed by atoms with Gasteiger partial charge in [0.05, 0.1) is 0 Å². The summed E-state index contributed by atoms with van der Waals surface area (Å²) in [6.07, 6.45) is 6.40. The zero-order valence-electron chi connectivity index (χ0n) is 15.3. The molecule has 2 nitrogen and oxygen atoms in total. The van der Waals surface area contributed by atoms with Gasteiger partial charge in [-0.2, -0.15) is 0 Å². The van der Waals surface area contributed by atoms with Gasteiger partial charge in [0, 0.05) is 17.4 Å². The highest BCUT2D eigenvalue weighted by atomic mass is 19.1. The van der Waals surface area contributed by atoms with Crippen molar-refractivity contribution >= 4 is 5.78 Å². The van der Waals surface area contributed by atoms with Gasteiger partial charge in [-0.1, -0.05) is 34.1 Å². The van der Waals surface area contributed by atoms with Gasteiger partial charge < -0.3 is 5.11 Å². The van der Waals surface area contributed by atoms with Crippen LogP contribution in [0.15, 0.2) is 11.8 Å². The molecule has 0 heterocycles. The summed E-state index contributed by atoms with van der Waals surface area (Å²) in [6.45, 7) is 11.2. The number of aliphatic hydroxyl groups excluding tert-OH is 1. The van der Waals surface area contributed by atoms with Gasteiger partial charge in [0.2, 0.25) is 0 Å². The molecular formula is C19H35FO2. The van der Waals surface area contributed by atoms with Gasteiger partial charge in [0.25, 0.3) is 0 Å². The van der Waals surface area contributed by atoms with E-state index in [1.165, 1.54) is 6.08 Å². The lowest BCUT2D eigenvalue weighted by Crippen LogP contribution is -2.24. The lowest BCUT2D eigenvalue weighted by Gasteiger charge is -2.30. The molecule has 0 aliphatic heterocycles. The van der Waals surface area contributed by atoms with Gasteiger partial charge in [-0.05, 0) is 52.4 Å². The lowest BCUT2D eigenvalue weighted by molar-refractivity contribution is -0.119. The second kappa shape index (κ2) is 9.32. The molecule has 0 fully saturated rings. The van der Waals surface area contributed by atoms with Crippen LogP contribution in [0, 0.1) is 11.3 Å². The van der Waals surface area contributed by atoms with Crippen molar-refractivity contribution < 1.29 is 14.3 Å². The van der Waals surface area contributed by atoms with E-state index in [1.54, 1.807) is 13.8 Å². The van der Waals surface area contributed by atoms with Crippen molar-refractivity contribution in [3.63, 3.8) is 0 Å². The van der Waals surface area contributed by atoms with Crippen LogP contribution in [0.3, 0.4) is 0 Å². The number of alkyl halides is 1. The molecule has 0 radical (unpaired) electrons. The van der Waals surface area contributed by atoms with E-state index < -0.39 is 5.67 Å². The molecule has 1 atom stereocenters. The maximum Gasteiger partial charge on any atom is 0.162 e. The molecule has 0 aliphatic carbocycles. The molecule has 0 bridgehead atoms. The van der Waals surface area contributed by atoms with Crippen molar-refractivity contribution in [3.05, 3.63) is 11.8 Å². The maximum absolute atomic E-state index is 13.7. The van der Waals surface area contributed by atoms with E-state index in [0.29, 0.717) is 12.8 Å². The monoisotopic (exact) mass is 314 g/mol. The third-order valence-electron chi connectivity index (χ3n) is 4.98. The molecule has 0 aliphatic rings. The lowest BCUT2D eigenvalue weighted by atomic mass is 9.77. The second-order valence-electron chi connectivity index (χ2n) is 7.02. The van der Waals surface area contributed by atoms with Crippen LogP contribution in [-0.4, -0.2) is 16.6 Å². The first-order chi connectivity index (χ1) is 10.2. The molecule has 1 N–H and O–H groups in total. The Labute approximate surface area is 136 Å². The second-order valence-corrected chi connectivity index (χ2v) is 7.02. The van der Waals surface area contributed by atoms with Crippen molar-refractivity contribution in [2.45, 2.75) is 92.2 Å². The molecule has 0 aromatic carbocycles. The van der Waals surface area contributed by atoms with Gasteiger partial charge in [-0.15, -0.1) is 0 Å².